The smallest absolute Gasteiger partial charge is 0.236 e. The highest BCUT2D eigenvalue weighted by Crippen LogP contribution is 2.31. The molecule has 10 heteroatoms. The van der Waals surface area contributed by atoms with E-state index in [0.29, 0.717) is 10.3 Å². The third kappa shape index (κ3) is 4.08. The maximum atomic E-state index is 12.2. The van der Waals surface area contributed by atoms with Gasteiger partial charge in [0.25, 0.3) is 0 Å². The van der Waals surface area contributed by atoms with Crippen molar-refractivity contribution in [2.24, 2.45) is 0 Å². The number of nitrogens with one attached hydrogen (secondary N) is 1. The molecule has 1 N–H and O–H groups in total. The minimum Gasteiger partial charge on any atom is -0.497 e. The minimum atomic E-state index is -0.137. The second kappa shape index (κ2) is 8.55. The molecule has 0 aliphatic rings. The zero-order chi connectivity index (χ0) is 19.3. The normalized spacial score (nSPS) is 10.8. The Morgan fingerprint density at radius 3 is 2.71 bits per heavy atom. The van der Waals surface area contributed by atoms with Crippen LogP contribution in [0.4, 0.5) is 5.13 Å². The van der Waals surface area contributed by atoms with Gasteiger partial charge in [0.05, 0.1) is 23.4 Å². The van der Waals surface area contributed by atoms with Crippen LogP contribution >= 0.6 is 34.4 Å². The number of hydrogen-bond donors (Lipinski definition) is 1. The average Bonchev–Trinajstić information content (AvgIpc) is 3.47. The summed E-state index contributed by atoms with van der Waals surface area (Å²) in [5, 5.41) is 16.5. The van der Waals surface area contributed by atoms with Gasteiger partial charge in [0.15, 0.2) is 16.1 Å². The van der Waals surface area contributed by atoms with Crippen LogP contribution in [0, 0.1) is 0 Å². The van der Waals surface area contributed by atoms with E-state index < -0.39 is 0 Å². The number of methoxy groups -OCH3 is 1. The van der Waals surface area contributed by atoms with Crippen LogP contribution < -0.4 is 10.1 Å². The van der Waals surface area contributed by atoms with E-state index in [1.54, 1.807) is 24.6 Å². The first kappa shape index (κ1) is 18.7. The van der Waals surface area contributed by atoms with Crippen molar-refractivity contribution in [1.29, 1.82) is 0 Å². The summed E-state index contributed by atoms with van der Waals surface area (Å²) in [4.78, 5) is 17.3. The molecule has 3 heterocycles. The van der Waals surface area contributed by atoms with E-state index in [1.807, 2.05) is 51.7 Å². The number of thiazole rings is 1. The van der Waals surface area contributed by atoms with E-state index in [0.717, 1.165) is 22.1 Å². The van der Waals surface area contributed by atoms with Crippen LogP contribution in [0.1, 0.15) is 0 Å². The number of thioether (sulfide) groups is 1. The number of aromatic nitrogens is 4. The van der Waals surface area contributed by atoms with E-state index in [4.69, 9.17) is 4.74 Å². The Morgan fingerprint density at radius 2 is 2.04 bits per heavy atom. The van der Waals surface area contributed by atoms with Crippen molar-refractivity contribution in [3.63, 3.8) is 0 Å². The van der Waals surface area contributed by atoms with Crippen molar-refractivity contribution < 1.29 is 9.53 Å². The summed E-state index contributed by atoms with van der Waals surface area (Å²) in [5.74, 6) is 1.58. The number of benzene rings is 1. The minimum absolute atomic E-state index is 0.137. The van der Waals surface area contributed by atoms with Gasteiger partial charge in [-0.15, -0.1) is 32.9 Å². The predicted octanol–water partition coefficient (Wildman–Crippen LogP) is 4.19. The summed E-state index contributed by atoms with van der Waals surface area (Å²) in [6.45, 7) is 0. The predicted molar refractivity (Wildman–Crippen MR) is 113 cm³/mol. The van der Waals surface area contributed by atoms with Crippen LogP contribution in [0.2, 0.25) is 0 Å². The van der Waals surface area contributed by atoms with Gasteiger partial charge in [0, 0.05) is 11.6 Å². The van der Waals surface area contributed by atoms with Gasteiger partial charge in [-0.1, -0.05) is 17.8 Å². The molecule has 0 atom stereocenters. The first-order valence-corrected chi connectivity index (χ1v) is 10.9. The van der Waals surface area contributed by atoms with Gasteiger partial charge in [-0.3, -0.25) is 9.36 Å². The Kier molecular flexibility index (Phi) is 5.70. The molecular formula is C18H15N5O2S3. The molecule has 0 aliphatic heterocycles. The summed E-state index contributed by atoms with van der Waals surface area (Å²) in [6.07, 6.45) is 1.65. The van der Waals surface area contributed by atoms with E-state index in [2.05, 4.69) is 20.5 Å². The van der Waals surface area contributed by atoms with Crippen LogP contribution in [0.15, 0.2) is 58.5 Å². The number of carbonyl (C=O) groups is 1. The third-order valence-corrected chi connectivity index (χ3v) is 6.20. The highest BCUT2D eigenvalue weighted by atomic mass is 32.2. The molecule has 0 aliphatic carbocycles. The number of rotatable bonds is 7. The van der Waals surface area contributed by atoms with Crippen molar-refractivity contribution in [3.05, 3.63) is 53.4 Å². The van der Waals surface area contributed by atoms with Crippen molar-refractivity contribution in [2.75, 3.05) is 18.2 Å². The number of nitrogens with zero attached hydrogens (tertiary/aromatic N) is 4. The lowest BCUT2D eigenvalue weighted by Gasteiger charge is -2.10. The number of thiophene rings is 1. The largest absolute Gasteiger partial charge is 0.497 e. The number of ether oxygens (including phenoxy) is 1. The lowest BCUT2D eigenvalue weighted by molar-refractivity contribution is -0.113. The number of anilines is 1. The molecule has 0 saturated carbocycles. The Labute approximate surface area is 173 Å². The van der Waals surface area contributed by atoms with Crippen molar-refractivity contribution >= 4 is 45.5 Å². The summed E-state index contributed by atoms with van der Waals surface area (Å²) < 4.78 is 7.20. The van der Waals surface area contributed by atoms with E-state index >= 15 is 0 Å². The van der Waals surface area contributed by atoms with Crippen LogP contribution in [0.3, 0.4) is 0 Å². The monoisotopic (exact) mass is 429 g/mol. The molecule has 0 bridgehead atoms. The average molecular weight is 430 g/mol. The quantitative estimate of drug-likeness (QED) is 0.444. The third-order valence-electron chi connectivity index (χ3n) is 3.72. The van der Waals surface area contributed by atoms with Gasteiger partial charge in [0.2, 0.25) is 5.91 Å². The summed E-state index contributed by atoms with van der Waals surface area (Å²) in [7, 11) is 1.63. The fourth-order valence-corrected chi connectivity index (χ4v) is 4.46. The van der Waals surface area contributed by atoms with Crippen LogP contribution in [-0.4, -0.2) is 38.5 Å². The van der Waals surface area contributed by atoms with Crippen molar-refractivity contribution in [2.45, 2.75) is 5.16 Å². The highest BCUT2D eigenvalue weighted by molar-refractivity contribution is 7.99. The summed E-state index contributed by atoms with van der Waals surface area (Å²) in [6, 6.07) is 11.6. The van der Waals surface area contributed by atoms with Gasteiger partial charge in [-0.25, -0.2) is 4.98 Å². The zero-order valence-electron chi connectivity index (χ0n) is 14.7. The molecule has 4 rings (SSSR count). The second-order valence-electron chi connectivity index (χ2n) is 5.49. The van der Waals surface area contributed by atoms with Crippen LogP contribution in [0.25, 0.3) is 16.4 Å². The van der Waals surface area contributed by atoms with Crippen molar-refractivity contribution in [3.8, 4) is 22.1 Å². The zero-order valence-corrected chi connectivity index (χ0v) is 17.2. The molecular weight excluding hydrogens is 414 g/mol. The topological polar surface area (TPSA) is 81.9 Å². The molecule has 1 amide bonds. The Morgan fingerprint density at radius 1 is 1.18 bits per heavy atom. The summed E-state index contributed by atoms with van der Waals surface area (Å²) >= 11 is 4.30. The Balaban J connectivity index is 1.60. The molecule has 0 spiro atoms. The van der Waals surface area contributed by atoms with Gasteiger partial charge >= 0.3 is 0 Å². The molecule has 0 unspecified atom stereocenters. The fraction of sp³-hybridized carbons (Fsp3) is 0.111. The van der Waals surface area contributed by atoms with E-state index in [1.165, 1.54) is 23.1 Å². The molecule has 3 aromatic heterocycles. The van der Waals surface area contributed by atoms with Crippen LogP contribution in [0.5, 0.6) is 5.75 Å². The number of carbonyl (C=O) groups excluding carboxylic acids is 1. The Hall–Kier alpha value is -2.69. The molecule has 0 saturated heterocycles. The maximum absolute atomic E-state index is 12.2. The van der Waals surface area contributed by atoms with Gasteiger partial charge in [-0.2, -0.15) is 0 Å². The molecule has 142 valence electrons. The lowest BCUT2D eigenvalue weighted by atomic mass is 10.3. The first-order chi connectivity index (χ1) is 13.7. The number of hydrogen-bond acceptors (Lipinski definition) is 8. The van der Waals surface area contributed by atoms with Gasteiger partial charge < -0.3 is 10.1 Å². The van der Waals surface area contributed by atoms with Crippen LogP contribution in [-0.2, 0) is 4.79 Å². The first-order valence-electron chi connectivity index (χ1n) is 8.20. The van der Waals surface area contributed by atoms with E-state index in [-0.39, 0.29) is 11.7 Å². The van der Waals surface area contributed by atoms with Gasteiger partial charge in [-0.05, 0) is 35.7 Å². The fourth-order valence-electron chi connectivity index (χ4n) is 2.46. The second-order valence-corrected chi connectivity index (χ2v) is 8.28. The molecule has 28 heavy (non-hydrogen) atoms. The Bertz CT molecular complexity index is 1040. The van der Waals surface area contributed by atoms with E-state index in [9.17, 15) is 4.79 Å². The SMILES string of the molecule is COc1ccc(-n2c(SCC(=O)Nc3nccs3)nnc2-c2cccs2)cc1. The lowest BCUT2D eigenvalue weighted by Crippen LogP contribution is -2.14. The van der Waals surface area contributed by atoms with Crippen molar-refractivity contribution in [1.82, 2.24) is 19.7 Å². The molecule has 4 aromatic rings. The number of amides is 1. The summed E-state index contributed by atoms with van der Waals surface area (Å²) in [5.41, 5.74) is 0.900. The molecule has 1 aromatic carbocycles. The molecule has 0 fully saturated rings. The molecule has 0 radical (unpaired) electrons. The molecule has 7 nitrogen and oxygen atoms in total. The highest BCUT2D eigenvalue weighted by Gasteiger charge is 2.18. The maximum Gasteiger partial charge on any atom is 0.236 e. The standard InChI is InChI=1S/C18H15N5O2S3/c1-25-13-6-4-12(5-7-13)23-16(14-3-2-9-26-14)21-22-18(23)28-11-15(24)20-17-19-8-10-27-17/h2-10H,11H2,1H3,(H,19,20,24). The van der Waals surface area contributed by atoms with Gasteiger partial charge in [0.1, 0.15) is 5.75 Å².